The van der Waals surface area contributed by atoms with E-state index in [4.69, 9.17) is 20.6 Å². The van der Waals surface area contributed by atoms with Gasteiger partial charge in [-0.2, -0.15) is 0 Å². The molecule has 0 spiro atoms. The second-order valence-corrected chi connectivity index (χ2v) is 7.76. The van der Waals surface area contributed by atoms with E-state index in [1.165, 1.54) is 17.5 Å². The third-order valence-electron chi connectivity index (χ3n) is 4.50. The molecule has 4 rings (SSSR count). The predicted molar refractivity (Wildman–Crippen MR) is 122 cm³/mol. The summed E-state index contributed by atoms with van der Waals surface area (Å²) in [6.45, 7) is 0.0101. The van der Waals surface area contributed by atoms with Gasteiger partial charge in [0.05, 0.1) is 16.8 Å². The Morgan fingerprint density at radius 3 is 2.71 bits per heavy atom. The van der Waals surface area contributed by atoms with Gasteiger partial charge in [-0.3, -0.25) is 15.7 Å². The van der Waals surface area contributed by atoms with E-state index in [9.17, 15) is 4.79 Å². The van der Waals surface area contributed by atoms with E-state index in [2.05, 4.69) is 10.3 Å². The highest BCUT2D eigenvalue weighted by molar-refractivity contribution is 7.20. The number of carbonyl (C=O) groups is 1. The lowest BCUT2D eigenvalue weighted by molar-refractivity contribution is 0.0910. The number of thiophene rings is 1. The molecule has 1 amide bonds. The van der Waals surface area contributed by atoms with Gasteiger partial charge in [-0.25, -0.2) is 4.79 Å². The third kappa shape index (κ3) is 4.99. The molecule has 0 aliphatic carbocycles. The topological polar surface area (TPSA) is 110 Å². The maximum atomic E-state index is 12.2. The summed E-state index contributed by atoms with van der Waals surface area (Å²) in [5, 5.41) is 11.2. The van der Waals surface area contributed by atoms with E-state index in [0.29, 0.717) is 16.3 Å². The van der Waals surface area contributed by atoms with Crippen LogP contribution in [0, 0.1) is 5.41 Å². The predicted octanol–water partition coefficient (Wildman–Crippen LogP) is 4.95. The maximum Gasteiger partial charge on any atom is 0.411 e. The lowest BCUT2D eigenvalue weighted by atomic mass is 10.1. The lowest BCUT2D eigenvalue weighted by Crippen LogP contribution is -2.21. The van der Waals surface area contributed by atoms with Gasteiger partial charge in [-0.1, -0.05) is 36.4 Å². The van der Waals surface area contributed by atoms with Crippen molar-refractivity contribution in [1.82, 2.24) is 4.98 Å². The number of nitrogens with zero attached hydrogens (tertiary/aromatic N) is 1. The summed E-state index contributed by atoms with van der Waals surface area (Å²) in [5.41, 5.74) is 7.07. The smallest absolute Gasteiger partial charge is 0.411 e. The van der Waals surface area contributed by atoms with Crippen LogP contribution < -0.4 is 15.8 Å². The summed E-state index contributed by atoms with van der Waals surface area (Å²) in [6, 6.07) is 20.5. The van der Waals surface area contributed by atoms with E-state index >= 15 is 0 Å². The molecule has 7 nitrogen and oxygen atoms in total. The number of hydrogen-bond donors (Lipinski definition) is 3. The molecule has 8 heteroatoms. The van der Waals surface area contributed by atoms with Crippen LogP contribution in [0.1, 0.15) is 16.5 Å². The van der Waals surface area contributed by atoms with Crippen LogP contribution in [0.4, 0.5) is 10.5 Å². The quantitative estimate of drug-likeness (QED) is 0.283. The van der Waals surface area contributed by atoms with Gasteiger partial charge >= 0.3 is 6.09 Å². The second kappa shape index (κ2) is 9.27. The van der Waals surface area contributed by atoms with Crippen molar-refractivity contribution in [2.75, 3.05) is 11.9 Å². The minimum Gasteiger partial charge on any atom is -0.481 e. The monoisotopic (exact) mass is 432 g/mol. The van der Waals surface area contributed by atoms with Crippen LogP contribution in [0.2, 0.25) is 0 Å². The highest BCUT2D eigenvalue weighted by Gasteiger charge is 2.19. The van der Waals surface area contributed by atoms with E-state index < -0.39 is 12.2 Å². The fourth-order valence-corrected chi connectivity index (χ4v) is 3.97. The van der Waals surface area contributed by atoms with E-state index in [1.54, 1.807) is 18.3 Å². The molecule has 0 fully saturated rings. The Balaban J connectivity index is 1.54. The number of pyridine rings is 1. The maximum absolute atomic E-state index is 12.2. The van der Waals surface area contributed by atoms with Gasteiger partial charge < -0.3 is 15.2 Å². The molecule has 0 aliphatic heterocycles. The molecule has 0 bridgehead atoms. The molecule has 2 aromatic carbocycles. The number of hydrogen-bond acceptors (Lipinski definition) is 6. The molecule has 0 radical (unpaired) electrons. The summed E-state index contributed by atoms with van der Waals surface area (Å²) in [5.74, 6) is 0.647. The Morgan fingerprint density at radius 2 is 1.97 bits per heavy atom. The molecule has 4 N–H and O–H groups in total. The van der Waals surface area contributed by atoms with Gasteiger partial charge in [0.1, 0.15) is 18.2 Å². The third-order valence-corrected chi connectivity index (χ3v) is 5.63. The van der Waals surface area contributed by atoms with Crippen molar-refractivity contribution in [3.63, 3.8) is 0 Å². The van der Waals surface area contributed by atoms with Crippen LogP contribution in [-0.4, -0.2) is 23.5 Å². The molecule has 156 valence electrons. The first-order chi connectivity index (χ1) is 15.1. The largest absolute Gasteiger partial charge is 0.481 e. The minimum atomic E-state index is -0.592. The highest BCUT2D eigenvalue weighted by Crippen LogP contribution is 2.35. The van der Waals surface area contributed by atoms with Crippen molar-refractivity contribution < 1.29 is 14.3 Å². The number of nitrogen functional groups attached to an aromatic ring is 1. The standard InChI is InChI=1S/C23H20N4O3S/c24-22(25)21-12-17-18(9-4-10-20(17)31-21)30-19(15-6-2-1-3-7-15)14-29-23(28)27-16-8-5-11-26-13-16/h1-13,19H,14H2,(H3,24,25)(H,27,28). The summed E-state index contributed by atoms with van der Waals surface area (Å²) < 4.78 is 12.7. The van der Waals surface area contributed by atoms with Crippen LogP contribution in [0.3, 0.4) is 0 Å². The molecule has 0 saturated heterocycles. The Bertz CT molecular complexity index is 1200. The number of nitrogens with one attached hydrogen (secondary N) is 2. The highest BCUT2D eigenvalue weighted by atomic mass is 32.1. The molecule has 2 heterocycles. The van der Waals surface area contributed by atoms with Crippen molar-refractivity contribution in [1.29, 1.82) is 5.41 Å². The van der Waals surface area contributed by atoms with Gasteiger partial charge in [0.2, 0.25) is 0 Å². The summed E-state index contributed by atoms with van der Waals surface area (Å²) in [4.78, 5) is 16.9. The molecule has 1 unspecified atom stereocenters. The Labute approximate surface area is 183 Å². The van der Waals surface area contributed by atoms with Gasteiger partial charge in [0.25, 0.3) is 0 Å². The lowest BCUT2D eigenvalue weighted by Gasteiger charge is -2.20. The molecular formula is C23H20N4O3S. The molecule has 2 aromatic heterocycles. The van der Waals surface area contributed by atoms with Crippen LogP contribution in [-0.2, 0) is 4.74 Å². The van der Waals surface area contributed by atoms with Crippen LogP contribution in [0.15, 0.2) is 79.1 Å². The zero-order valence-electron chi connectivity index (χ0n) is 16.4. The Morgan fingerprint density at radius 1 is 1.13 bits per heavy atom. The van der Waals surface area contributed by atoms with Crippen molar-refractivity contribution in [2.24, 2.45) is 5.73 Å². The van der Waals surface area contributed by atoms with Crippen molar-refractivity contribution in [3.8, 4) is 5.75 Å². The fraction of sp³-hybridized carbons (Fsp3) is 0.0870. The van der Waals surface area contributed by atoms with E-state index in [-0.39, 0.29) is 12.4 Å². The SMILES string of the molecule is N=C(N)c1cc2c(OC(COC(=O)Nc3cccnc3)c3ccccc3)cccc2s1. The zero-order valence-corrected chi connectivity index (χ0v) is 17.3. The fourth-order valence-electron chi connectivity index (χ4n) is 3.03. The van der Waals surface area contributed by atoms with Crippen molar-refractivity contribution in [3.05, 3.63) is 89.6 Å². The molecule has 31 heavy (non-hydrogen) atoms. The number of amidine groups is 1. The number of aromatic nitrogens is 1. The second-order valence-electron chi connectivity index (χ2n) is 6.67. The average molecular weight is 433 g/mol. The number of amides is 1. The number of benzene rings is 2. The number of nitrogens with two attached hydrogens (primary N) is 1. The molecule has 0 saturated carbocycles. The van der Waals surface area contributed by atoms with Crippen LogP contribution in [0.5, 0.6) is 5.75 Å². The summed E-state index contributed by atoms with van der Waals surface area (Å²) >= 11 is 1.43. The normalized spacial score (nSPS) is 11.6. The number of ether oxygens (including phenoxy) is 2. The van der Waals surface area contributed by atoms with Crippen molar-refractivity contribution in [2.45, 2.75) is 6.10 Å². The molecule has 1 atom stereocenters. The van der Waals surface area contributed by atoms with E-state index in [1.807, 2.05) is 54.6 Å². The number of carbonyl (C=O) groups excluding carboxylic acids is 1. The van der Waals surface area contributed by atoms with Crippen LogP contribution >= 0.6 is 11.3 Å². The summed E-state index contributed by atoms with van der Waals surface area (Å²) in [7, 11) is 0. The number of fused-ring (bicyclic) bond motifs is 1. The first-order valence-electron chi connectivity index (χ1n) is 9.52. The molecule has 4 aromatic rings. The average Bonchev–Trinajstić information content (AvgIpc) is 3.24. The number of anilines is 1. The Hall–Kier alpha value is -3.91. The zero-order chi connectivity index (χ0) is 21.6. The minimum absolute atomic E-state index is 0.0101. The first-order valence-corrected chi connectivity index (χ1v) is 10.3. The van der Waals surface area contributed by atoms with Crippen LogP contribution in [0.25, 0.3) is 10.1 Å². The van der Waals surface area contributed by atoms with Gasteiger partial charge in [0, 0.05) is 16.3 Å². The van der Waals surface area contributed by atoms with Gasteiger partial charge in [-0.05, 0) is 35.9 Å². The first kappa shape index (κ1) is 20.4. The van der Waals surface area contributed by atoms with E-state index in [0.717, 1.165) is 15.6 Å². The van der Waals surface area contributed by atoms with Crippen molar-refractivity contribution >= 4 is 39.0 Å². The molecular weight excluding hydrogens is 412 g/mol. The molecule has 0 aliphatic rings. The van der Waals surface area contributed by atoms with Gasteiger partial charge in [0.15, 0.2) is 6.10 Å². The van der Waals surface area contributed by atoms with Gasteiger partial charge in [-0.15, -0.1) is 11.3 Å². The Kier molecular flexibility index (Phi) is 6.09. The number of rotatable bonds is 7. The summed E-state index contributed by atoms with van der Waals surface area (Å²) in [6.07, 6.45) is 2.05.